The maximum absolute atomic E-state index is 11.4. The predicted molar refractivity (Wildman–Crippen MR) is 57.9 cm³/mol. The molecule has 3 nitrogen and oxygen atoms in total. The summed E-state index contributed by atoms with van der Waals surface area (Å²) >= 11 is 0. The van der Waals surface area contributed by atoms with Gasteiger partial charge in [-0.3, -0.25) is 0 Å². The fourth-order valence-corrected chi connectivity index (χ4v) is 1.40. The van der Waals surface area contributed by atoms with Crippen LogP contribution in [0.1, 0.15) is 40.5 Å². The Morgan fingerprint density at radius 3 is 2.36 bits per heavy atom. The summed E-state index contributed by atoms with van der Waals surface area (Å²) in [4.78, 5) is 11.4. The molecule has 0 aliphatic rings. The Balaban J connectivity index is 4.70. The third kappa shape index (κ3) is 3.92. The van der Waals surface area contributed by atoms with Gasteiger partial charge in [0.25, 0.3) is 0 Å². The number of carbonyl (C=O) groups excluding carboxylic acids is 1. The highest BCUT2D eigenvalue weighted by atomic mass is 16.5. The molecular formula is C11H21NO2. The maximum atomic E-state index is 11.4. The number of ether oxygens (including phenoxy) is 1. The summed E-state index contributed by atoms with van der Waals surface area (Å²) in [5.41, 5.74) is 7.47. The van der Waals surface area contributed by atoms with Crippen LogP contribution in [-0.2, 0) is 9.53 Å². The van der Waals surface area contributed by atoms with Crippen LogP contribution >= 0.6 is 0 Å². The summed E-state index contributed by atoms with van der Waals surface area (Å²) in [6.45, 7) is 7.96. The van der Waals surface area contributed by atoms with Crippen LogP contribution in [0.5, 0.6) is 0 Å². The van der Waals surface area contributed by atoms with Gasteiger partial charge in [-0.25, -0.2) is 4.79 Å². The van der Waals surface area contributed by atoms with Gasteiger partial charge in [-0.2, -0.15) is 0 Å². The van der Waals surface area contributed by atoms with Crippen molar-refractivity contribution in [1.82, 2.24) is 0 Å². The topological polar surface area (TPSA) is 52.3 Å². The first-order valence-corrected chi connectivity index (χ1v) is 5.16. The van der Waals surface area contributed by atoms with Gasteiger partial charge in [0.2, 0.25) is 0 Å². The zero-order valence-electron chi connectivity index (χ0n) is 9.59. The van der Waals surface area contributed by atoms with Gasteiger partial charge in [0.15, 0.2) is 0 Å². The molecule has 1 atom stereocenters. The molecular weight excluding hydrogens is 178 g/mol. The van der Waals surface area contributed by atoms with E-state index in [9.17, 15) is 4.79 Å². The zero-order chi connectivity index (χ0) is 11.1. The zero-order valence-corrected chi connectivity index (χ0v) is 9.59. The minimum Gasteiger partial charge on any atom is -0.463 e. The third-order valence-electron chi connectivity index (χ3n) is 2.13. The van der Waals surface area contributed by atoms with Crippen molar-refractivity contribution in [2.24, 2.45) is 5.73 Å². The van der Waals surface area contributed by atoms with Crippen LogP contribution in [0.4, 0.5) is 0 Å². The van der Waals surface area contributed by atoms with Crippen molar-refractivity contribution in [2.75, 3.05) is 6.61 Å². The molecule has 0 bridgehead atoms. The van der Waals surface area contributed by atoms with Gasteiger partial charge in [0.1, 0.15) is 0 Å². The highest BCUT2D eigenvalue weighted by molar-refractivity contribution is 5.88. The standard InChI is InChI=1S/C11H21NO2/c1-5-7-10(9(4)12)8(3)11(13)14-6-2/h9H,5-7,12H2,1-4H3. The molecule has 0 amide bonds. The third-order valence-corrected chi connectivity index (χ3v) is 2.13. The highest BCUT2D eigenvalue weighted by Gasteiger charge is 2.13. The molecule has 0 saturated carbocycles. The van der Waals surface area contributed by atoms with Crippen molar-refractivity contribution in [2.45, 2.75) is 46.6 Å². The molecule has 0 spiro atoms. The van der Waals surface area contributed by atoms with Crippen LogP contribution < -0.4 is 5.73 Å². The van der Waals surface area contributed by atoms with Gasteiger partial charge in [-0.1, -0.05) is 13.3 Å². The fraction of sp³-hybridized carbons (Fsp3) is 0.727. The number of hydrogen-bond acceptors (Lipinski definition) is 3. The van der Waals surface area contributed by atoms with Gasteiger partial charge in [0, 0.05) is 11.6 Å². The van der Waals surface area contributed by atoms with Gasteiger partial charge in [0.05, 0.1) is 6.61 Å². The van der Waals surface area contributed by atoms with E-state index in [2.05, 4.69) is 6.92 Å². The first kappa shape index (κ1) is 13.2. The lowest BCUT2D eigenvalue weighted by Crippen LogP contribution is -2.22. The van der Waals surface area contributed by atoms with E-state index in [0.717, 1.165) is 18.4 Å². The van der Waals surface area contributed by atoms with E-state index in [4.69, 9.17) is 10.5 Å². The molecule has 0 aromatic rings. The molecule has 0 aliphatic carbocycles. The Labute approximate surface area is 86.3 Å². The van der Waals surface area contributed by atoms with Crippen molar-refractivity contribution >= 4 is 5.97 Å². The second-order valence-corrected chi connectivity index (χ2v) is 3.41. The summed E-state index contributed by atoms with van der Waals surface area (Å²) in [6.07, 6.45) is 1.86. The molecule has 0 radical (unpaired) electrons. The maximum Gasteiger partial charge on any atom is 0.333 e. The average molecular weight is 199 g/mol. The quantitative estimate of drug-likeness (QED) is 0.544. The minimum absolute atomic E-state index is 0.0700. The van der Waals surface area contributed by atoms with Crippen LogP contribution in [0, 0.1) is 0 Å². The molecule has 0 aromatic heterocycles. The summed E-state index contributed by atoms with van der Waals surface area (Å²) in [5, 5.41) is 0. The van der Waals surface area contributed by atoms with E-state index in [1.165, 1.54) is 0 Å². The Bertz CT molecular complexity index is 219. The van der Waals surface area contributed by atoms with Crippen molar-refractivity contribution < 1.29 is 9.53 Å². The second-order valence-electron chi connectivity index (χ2n) is 3.41. The number of hydrogen-bond donors (Lipinski definition) is 1. The van der Waals surface area contributed by atoms with E-state index < -0.39 is 0 Å². The number of nitrogens with two attached hydrogens (primary N) is 1. The molecule has 82 valence electrons. The van der Waals surface area contributed by atoms with Gasteiger partial charge < -0.3 is 10.5 Å². The monoisotopic (exact) mass is 199 g/mol. The summed E-state index contributed by atoms with van der Waals surface area (Å²) < 4.78 is 4.93. The summed E-state index contributed by atoms with van der Waals surface area (Å²) in [5.74, 6) is -0.242. The molecule has 1 unspecified atom stereocenters. The largest absolute Gasteiger partial charge is 0.463 e. The SMILES string of the molecule is CCCC(=C(C)C(=O)OCC)C(C)N. The molecule has 0 rings (SSSR count). The van der Waals surface area contributed by atoms with E-state index in [1.54, 1.807) is 13.8 Å². The van der Waals surface area contributed by atoms with Crippen LogP contribution in [0.15, 0.2) is 11.1 Å². The molecule has 2 N–H and O–H groups in total. The highest BCUT2D eigenvalue weighted by Crippen LogP contribution is 2.15. The molecule has 0 aromatic carbocycles. The van der Waals surface area contributed by atoms with E-state index in [1.807, 2.05) is 6.92 Å². The summed E-state index contributed by atoms with van der Waals surface area (Å²) in [6, 6.07) is -0.0700. The van der Waals surface area contributed by atoms with Gasteiger partial charge >= 0.3 is 5.97 Å². The lowest BCUT2D eigenvalue weighted by Gasteiger charge is -2.14. The number of rotatable bonds is 5. The van der Waals surface area contributed by atoms with Crippen molar-refractivity contribution in [1.29, 1.82) is 0 Å². The normalized spacial score (nSPS) is 14.6. The Hall–Kier alpha value is -0.830. The molecule has 3 heteroatoms. The van der Waals surface area contributed by atoms with E-state index in [-0.39, 0.29) is 12.0 Å². The molecule has 0 fully saturated rings. The molecule has 0 saturated heterocycles. The first-order valence-electron chi connectivity index (χ1n) is 5.16. The van der Waals surface area contributed by atoms with Crippen LogP contribution in [0.3, 0.4) is 0 Å². The summed E-state index contributed by atoms with van der Waals surface area (Å²) in [7, 11) is 0. The fourth-order valence-electron chi connectivity index (χ4n) is 1.40. The predicted octanol–water partition coefficient (Wildman–Crippen LogP) is 2.01. The first-order chi connectivity index (χ1) is 6.54. The average Bonchev–Trinajstić information content (AvgIpc) is 2.13. The molecule has 0 heterocycles. The Morgan fingerprint density at radius 2 is 2.00 bits per heavy atom. The lowest BCUT2D eigenvalue weighted by atomic mass is 9.99. The van der Waals surface area contributed by atoms with Crippen molar-refractivity contribution in [3.8, 4) is 0 Å². The smallest absolute Gasteiger partial charge is 0.333 e. The van der Waals surface area contributed by atoms with Crippen molar-refractivity contribution in [3.63, 3.8) is 0 Å². The number of carbonyl (C=O) groups is 1. The van der Waals surface area contributed by atoms with Crippen LogP contribution in [0.25, 0.3) is 0 Å². The van der Waals surface area contributed by atoms with Crippen molar-refractivity contribution in [3.05, 3.63) is 11.1 Å². The Morgan fingerprint density at radius 1 is 1.43 bits per heavy atom. The minimum atomic E-state index is -0.242. The number of esters is 1. The van der Waals surface area contributed by atoms with E-state index in [0.29, 0.717) is 12.2 Å². The lowest BCUT2D eigenvalue weighted by molar-refractivity contribution is -0.138. The van der Waals surface area contributed by atoms with Gasteiger partial charge in [-0.05, 0) is 32.8 Å². The Kier molecular flexibility index (Phi) is 6.21. The van der Waals surface area contributed by atoms with Gasteiger partial charge in [-0.15, -0.1) is 0 Å². The van der Waals surface area contributed by atoms with Crippen LogP contribution in [0.2, 0.25) is 0 Å². The van der Waals surface area contributed by atoms with E-state index >= 15 is 0 Å². The molecule has 14 heavy (non-hydrogen) atoms. The second kappa shape index (κ2) is 6.60. The molecule has 0 aliphatic heterocycles. The van der Waals surface area contributed by atoms with Crippen LogP contribution in [-0.4, -0.2) is 18.6 Å².